The van der Waals surface area contributed by atoms with Crippen molar-refractivity contribution in [2.75, 3.05) is 0 Å². The van der Waals surface area contributed by atoms with Gasteiger partial charge in [0.25, 0.3) is 5.24 Å². The number of hydrogen-bond donors (Lipinski definition) is 1. The summed E-state index contributed by atoms with van der Waals surface area (Å²) < 4.78 is 2.17. The standard InChI is InChI=1S/C20H16N2O2S/c1-13-5-4-6-14(9-13)11-22-12-15(16-7-2-3-8-18(16)22)10-17-19(23)25-20(24)21-17/h2-10,12H,11H2,1H3,(H,21,24). The van der Waals surface area contributed by atoms with Crippen LogP contribution in [-0.2, 0) is 11.3 Å². The monoisotopic (exact) mass is 348 g/mol. The molecule has 4 rings (SSSR count). The average Bonchev–Trinajstić information content (AvgIpc) is 3.08. The van der Waals surface area contributed by atoms with Crippen LogP contribution in [-0.4, -0.2) is 14.9 Å². The Morgan fingerprint density at radius 2 is 1.96 bits per heavy atom. The molecule has 1 aliphatic rings. The van der Waals surface area contributed by atoms with Crippen molar-refractivity contribution in [1.29, 1.82) is 0 Å². The molecule has 124 valence electrons. The van der Waals surface area contributed by atoms with Crippen LogP contribution in [0.3, 0.4) is 0 Å². The first-order valence-corrected chi connectivity index (χ1v) is 8.80. The molecule has 4 nitrogen and oxygen atoms in total. The molecule has 1 fully saturated rings. The zero-order valence-electron chi connectivity index (χ0n) is 13.7. The fourth-order valence-corrected chi connectivity index (χ4v) is 3.65. The molecule has 0 bridgehead atoms. The minimum absolute atomic E-state index is 0.236. The van der Waals surface area contributed by atoms with Crippen LogP contribution in [0, 0.1) is 6.92 Å². The highest BCUT2D eigenvalue weighted by Gasteiger charge is 2.25. The topological polar surface area (TPSA) is 51.1 Å². The zero-order chi connectivity index (χ0) is 17.4. The molecule has 0 saturated carbocycles. The van der Waals surface area contributed by atoms with Crippen molar-refractivity contribution in [3.8, 4) is 0 Å². The maximum absolute atomic E-state index is 11.9. The molecule has 1 aromatic heterocycles. The molecule has 0 unspecified atom stereocenters. The van der Waals surface area contributed by atoms with Gasteiger partial charge in [-0.25, -0.2) is 0 Å². The van der Waals surface area contributed by atoms with Crippen LogP contribution >= 0.6 is 11.8 Å². The highest BCUT2D eigenvalue weighted by Crippen LogP contribution is 2.27. The molecule has 5 heteroatoms. The Bertz CT molecular complexity index is 1030. The number of thioether (sulfide) groups is 1. The number of benzene rings is 2. The van der Waals surface area contributed by atoms with Crippen LogP contribution < -0.4 is 5.32 Å². The Balaban J connectivity index is 1.78. The first-order chi connectivity index (χ1) is 12.1. The summed E-state index contributed by atoms with van der Waals surface area (Å²) in [5.74, 6) is 0. The fourth-order valence-electron chi connectivity index (χ4n) is 3.10. The number of nitrogens with zero attached hydrogens (tertiary/aromatic N) is 1. The van der Waals surface area contributed by atoms with Gasteiger partial charge in [0.15, 0.2) is 0 Å². The van der Waals surface area contributed by atoms with Gasteiger partial charge in [0.2, 0.25) is 5.12 Å². The number of carbonyl (C=O) groups excluding carboxylic acids is 2. The van der Waals surface area contributed by atoms with Crippen molar-refractivity contribution in [3.05, 3.63) is 77.1 Å². The summed E-state index contributed by atoms with van der Waals surface area (Å²) in [5, 5.41) is 3.11. The van der Waals surface area contributed by atoms with Crippen molar-refractivity contribution in [1.82, 2.24) is 9.88 Å². The predicted octanol–water partition coefficient (Wildman–Crippen LogP) is 4.32. The van der Waals surface area contributed by atoms with Gasteiger partial charge in [-0.2, -0.15) is 0 Å². The Labute approximate surface area is 149 Å². The molecule has 1 amide bonds. The van der Waals surface area contributed by atoms with E-state index in [2.05, 4.69) is 47.1 Å². The van der Waals surface area contributed by atoms with Crippen molar-refractivity contribution >= 4 is 39.1 Å². The summed E-state index contributed by atoms with van der Waals surface area (Å²) in [6, 6.07) is 16.5. The SMILES string of the molecule is Cc1cccc(Cn2cc(C=C3NC(=O)SC3=O)c3ccccc32)c1. The van der Waals surface area contributed by atoms with Crippen LogP contribution in [0.4, 0.5) is 4.79 Å². The van der Waals surface area contributed by atoms with Crippen LogP contribution in [0.25, 0.3) is 17.0 Å². The third-order valence-electron chi connectivity index (χ3n) is 4.20. The van der Waals surface area contributed by atoms with Crippen molar-refractivity contribution in [2.24, 2.45) is 0 Å². The zero-order valence-corrected chi connectivity index (χ0v) is 14.5. The molecule has 2 aromatic carbocycles. The molecule has 1 saturated heterocycles. The number of carbonyl (C=O) groups is 2. The second-order valence-electron chi connectivity index (χ2n) is 6.08. The lowest BCUT2D eigenvalue weighted by Gasteiger charge is -2.06. The Kier molecular flexibility index (Phi) is 3.93. The highest BCUT2D eigenvalue weighted by molar-refractivity contribution is 8.27. The van der Waals surface area contributed by atoms with Gasteiger partial charge >= 0.3 is 0 Å². The van der Waals surface area contributed by atoms with Crippen molar-refractivity contribution in [3.63, 3.8) is 0 Å². The Morgan fingerprint density at radius 3 is 2.72 bits per heavy atom. The third kappa shape index (κ3) is 3.10. The van der Waals surface area contributed by atoms with E-state index in [0.717, 1.165) is 23.0 Å². The normalized spacial score (nSPS) is 16.0. The van der Waals surface area contributed by atoms with Crippen LogP contribution in [0.15, 0.2) is 60.4 Å². The summed E-state index contributed by atoms with van der Waals surface area (Å²) in [5.41, 5.74) is 4.82. The maximum Gasteiger partial charge on any atom is 0.291 e. The van der Waals surface area contributed by atoms with E-state index in [-0.39, 0.29) is 10.4 Å². The van der Waals surface area contributed by atoms with E-state index in [1.807, 2.05) is 24.4 Å². The number of para-hydroxylation sites is 1. The molecule has 2 heterocycles. The molecule has 0 aliphatic carbocycles. The van der Waals surface area contributed by atoms with Gasteiger partial charge in [-0.3, -0.25) is 9.59 Å². The van der Waals surface area contributed by atoms with Gasteiger partial charge in [0.05, 0.1) is 5.70 Å². The molecule has 1 aliphatic heterocycles. The predicted molar refractivity (Wildman–Crippen MR) is 101 cm³/mol. The van der Waals surface area contributed by atoms with Crippen LogP contribution in [0.2, 0.25) is 0 Å². The fraction of sp³-hybridized carbons (Fsp3) is 0.100. The molecule has 0 spiro atoms. The van der Waals surface area contributed by atoms with E-state index >= 15 is 0 Å². The third-order valence-corrected chi connectivity index (χ3v) is 4.89. The number of aryl methyl sites for hydroxylation is 1. The van der Waals surface area contributed by atoms with Crippen LogP contribution in [0.5, 0.6) is 0 Å². The average molecular weight is 348 g/mol. The Hall–Kier alpha value is -2.79. The number of amides is 1. The van der Waals surface area contributed by atoms with Gasteiger partial charge < -0.3 is 9.88 Å². The lowest BCUT2D eigenvalue weighted by molar-refractivity contribution is -0.107. The molecule has 0 atom stereocenters. The smallest absolute Gasteiger partial charge is 0.291 e. The summed E-state index contributed by atoms with van der Waals surface area (Å²) in [7, 11) is 0. The Morgan fingerprint density at radius 1 is 1.12 bits per heavy atom. The van der Waals surface area contributed by atoms with E-state index in [4.69, 9.17) is 0 Å². The minimum Gasteiger partial charge on any atom is -0.342 e. The summed E-state index contributed by atoms with van der Waals surface area (Å²) >= 11 is 0.700. The van der Waals surface area contributed by atoms with Crippen molar-refractivity contribution < 1.29 is 9.59 Å². The second kappa shape index (κ2) is 6.26. The van der Waals surface area contributed by atoms with E-state index in [1.54, 1.807) is 6.08 Å². The molecular formula is C20H16N2O2S. The first kappa shape index (κ1) is 15.7. The van der Waals surface area contributed by atoms with Gasteiger partial charge in [-0.15, -0.1) is 0 Å². The largest absolute Gasteiger partial charge is 0.342 e. The van der Waals surface area contributed by atoms with Crippen LogP contribution in [0.1, 0.15) is 16.7 Å². The number of rotatable bonds is 3. The number of hydrogen-bond acceptors (Lipinski definition) is 3. The lowest BCUT2D eigenvalue weighted by atomic mass is 10.1. The van der Waals surface area contributed by atoms with Gasteiger partial charge in [0.1, 0.15) is 0 Å². The van der Waals surface area contributed by atoms with Gasteiger partial charge in [-0.1, -0.05) is 48.0 Å². The molecule has 0 radical (unpaired) electrons. The molecule has 3 aromatic rings. The van der Waals surface area contributed by atoms with Gasteiger partial charge in [-0.05, 0) is 24.6 Å². The van der Waals surface area contributed by atoms with Gasteiger partial charge in [0, 0.05) is 41.0 Å². The molecular weight excluding hydrogens is 332 g/mol. The summed E-state index contributed by atoms with van der Waals surface area (Å²) in [6.45, 7) is 2.83. The molecule has 25 heavy (non-hydrogen) atoms. The molecule has 1 N–H and O–H groups in total. The summed E-state index contributed by atoms with van der Waals surface area (Å²) in [6.07, 6.45) is 3.79. The maximum atomic E-state index is 11.9. The summed E-state index contributed by atoms with van der Waals surface area (Å²) in [4.78, 5) is 23.2. The van der Waals surface area contributed by atoms with E-state index < -0.39 is 0 Å². The second-order valence-corrected chi connectivity index (χ2v) is 7.02. The quantitative estimate of drug-likeness (QED) is 0.717. The highest BCUT2D eigenvalue weighted by atomic mass is 32.2. The lowest BCUT2D eigenvalue weighted by Crippen LogP contribution is -2.10. The van der Waals surface area contributed by atoms with E-state index in [1.165, 1.54) is 11.1 Å². The number of fused-ring (bicyclic) bond motifs is 1. The van der Waals surface area contributed by atoms with Crippen molar-refractivity contribution in [2.45, 2.75) is 13.5 Å². The first-order valence-electron chi connectivity index (χ1n) is 7.98. The van der Waals surface area contributed by atoms with E-state index in [0.29, 0.717) is 17.5 Å². The number of aromatic nitrogens is 1. The minimum atomic E-state index is -0.320. The van der Waals surface area contributed by atoms with E-state index in [9.17, 15) is 9.59 Å². The number of nitrogens with one attached hydrogen (secondary N) is 1.